The van der Waals surface area contributed by atoms with Gasteiger partial charge in [0.25, 0.3) is 0 Å². The monoisotopic (exact) mass is 870 g/mol. The van der Waals surface area contributed by atoms with Crippen molar-refractivity contribution in [3.63, 3.8) is 0 Å². The van der Waals surface area contributed by atoms with Gasteiger partial charge in [-0.1, -0.05) is 154 Å². The Kier molecular flexibility index (Phi) is 8.88. The number of nitrogens with zero attached hydrogens (tertiary/aromatic N) is 4. The molecule has 0 fully saturated rings. The average molecular weight is 871 g/mol. The number of hydrogen-bond acceptors (Lipinski definition) is 4. The van der Waals surface area contributed by atoms with Gasteiger partial charge in [0.05, 0.1) is 22.8 Å². The second-order valence-corrected chi connectivity index (χ2v) is 19.3. The van der Waals surface area contributed by atoms with E-state index in [0.29, 0.717) is 0 Å². The van der Waals surface area contributed by atoms with E-state index in [1.54, 1.807) is 0 Å². The fourth-order valence-electron chi connectivity index (χ4n) is 11.8. The molecular weight excluding hydrogens is 825 g/mol. The fourth-order valence-corrected chi connectivity index (χ4v) is 11.8. The number of hydrogen-bond donors (Lipinski definition) is 0. The molecule has 4 nitrogen and oxygen atoms in total. The van der Waals surface area contributed by atoms with E-state index in [9.17, 15) is 0 Å². The fraction of sp³-hybridized carbons (Fsp3) is 0.0938. The van der Waals surface area contributed by atoms with Gasteiger partial charge in [0.2, 0.25) is 0 Å². The van der Waals surface area contributed by atoms with Crippen molar-refractivity contribution in [1.29, 1.82) is 0 Å². The first kappa shape index (κ1) is 40.0. The largest absolute Gasteiger partial charge is 0.260 e. The maximum absolute atomic E-state index is 5.13. The summed E-state index contributed by atoms with van der Waals surface area (Å²) < 4.78 is 0. The first-order chi connectivity index (χ1) is 33.4. The summed E-state index contributed by atoms with van der Waals surface area (Å²) in [7, 11) is 0. The van der Waals surface area contributed by atoms with E-state index < -0.39 is 10.8 Å². The molecular formula is C64H46N4. The first-order valence-corrected chi connectivity index (χ1v) is 23.5. The lowest BCUT2D eigenvalue weighted by Crippen LogP contribution is -2.30. The van der Waals surface area contributed by atoms with Gasteiger partial charge in [0, 0.05) is 24.8 Å². The Morgan fingerprint density at radius 1 is 0.309 bits per heavy atom. The summed E-state index contributed by atoms with van der Waals surface area (Å²) in [5.74, 6) is 0. The number of pyridine rings is 4. The van der Waals surface area contributed by atoms with E-state index in [0.717, 1.165) is 33.9 Å². The molecule has 0 N–H and O–H groups in total. The first-order valence-electron chi connectivity index (χ1n) is 23.5. The van der Waals surface area contributed by atoms with Crippen molar-refractivity contribution < 1.29 is 0 Å². The zero-order valence-electron chi connectivity index (χ0n) is 38.2. The molecule has 68 heavy (non-hydrogen) atoms. The lowest BCUT2D eigenvalue weighted by molar-refractivity contribution is 0.591. The number of aromatic nitrogens is 4. The van der Waals surface area contributed by atoms with Crippen LogP contribution in [0.15, 0.2) is 225 Å². The van der Waals surface area contributed by atoms with E-state index in [1.165, 1.54) is 82.7 Å². The lowest BCUT2D eigenvalue weighted by Gasteiger charge is -2.32. The van der Waals surface area contributed by atoms with Gasteiger partial charge in [-0.3, -0.25) is 19.9 Å². The molecule has 2 aliphatic rings. The van der Waals surface area contributed by atoms with E-state index in [-0.39, 0.29) is 5.41 Å². The minimum absolute atomic E-state index is 0.0890. The summed E-state index contributed by atoms with van der Waals surface area (Å²) in [5, 5.41) is 4.81. The van der Waals surface area contributed by atoms with Crippen LogP contribution in [0.2, 0.25) is 0 Å². The van der Waals surface area contributed by atoms with Gasteiger partial charge in [-0.2, -0.15) is 0 Å². The van der Waals surface area contributed by atoms with Gasteiger partial charge in [-0.25, -0.2) is 0 Å². The summed E-state index contributed by atoms with van der Waals surface area (Å²) in [6.45, 7) is 6.93. The third kappa shape index (κ3) is 5.61. The van der Waals surface area contributed by atoms with Crippen LogP contribution in [-0.2, 0) is 16.2 Å². The van der Waals surface area contributed by atoms with Crippen LogP contribution in [0.5, 0.6) is 0 Å². The molecule has 4 heterocycles. The van der Waals surface area contributed by atoms with Gasteiger partial charge in [0.1, 0.15) is 10.8 Å². The SMILES string of the molecule is CC(C)(C)c1ccc2c(-c3ccc4c(c3)C(c3ccccn3)(c3ccccn3)c3ccccc3-4)c3ccccc3c(-c3ccc4c(c3)C(c3ccccn3)(c3ccccn3)c3ccccc3-4)c2c1. The Morgan fingerprint density at radius 2 is 0.676 bits per heavy atom. The van der Waals surface area contributed by atoms with Crippen molar-refractivity contribution in [3.8, 4) is 44.5 Å². The van der Waals surface area contributed by atoms with Gasteiger partial charge < -0.3 is 0 Å². The maximum atomic E-state index is 5.13. The molecule has 7 aromatic carbocycles. The van der Waals surface area contributed by atoms with E-state index in [1.807, 2.05) is 49.1 Å². The summed E-state index contributed by atoms with van der Waals surface area (Å²) in [6, 6.07) is 73.1. The molecule has 13 rings (SSSR count). The molecule has 4 heteroatoms. The zero-order chi connectivity index (χ0) is 45.6. The zero-order valence-corrected chi connectivity index (χ0v) is 38.2. The topological polar surface area (TPSA) is 51.6 Å². The molecule has 0 aliphatic heterocycles. The number of fused-ring (bicyclic) bond motifs is 8. The Labute approximate surface area is 396 Å². The van der Waals surface area contributed by atoms with Crippen LogP contribution >= 0.6 is 0 Å². The minimum atomic E-state index is -0.734. The molecule has 0 amide bonds. The van der Waals surface area contributed by atoms with Crippen molar-refractivity contribution in [1.82, 2.24) is 19.9 Å². The second-order valence-electron chi connectivity index (χ2n) is 19.3. The Bertz CT molecular complexity index is 3680. The van der Waals surface area contributed by atoms with Crippen molar-refractivity contribution in [3.05, 3.63) is 276 Å². The molecule has 0 radical (unpaired) electrons. The van der Waals surface area contributed by atoms with Crippen molar-refractivity contribution in [2.24, 2.45) is 0 Å². The second kappa shape index (κ2) is 15.1. The molecule has 2 aliphatic carbocycles. The van der Waals surface area contributed by atoms with Crippen LogP contribution in [0.3, 0.4) is 0 Å². The van der Waals surface area contributed by atoms with Crippen molar-refractivity contribution in [2.75, 3.05) is 0 Å². The highest BCUT2D eigenvalue weighted by Crippen LogP contribution is 2.58. The van der Waals surface area contributed by atoms with Crippen LogP contribution in [-0.4, -0.2) is 19.9 Å². The molecule has 11 aromatic rings. The third-order valence-corrected chi connectivity index (χ3v) is 14.8. The molecule has 0 unspecified atom stereocenters. The predicted octanol–water partition coefficient (Wildman–Crippen LogP) is 14.9. The summed E-state index contributed by atoms with van der Waals surface area (Å²) in [5.41, 5.74) is 17.8. The molecule has 4 aromatic heterocycles. The van der Waals surface area contributed by atoms with Crippen LogP contribution in [0.1, 0.15) is 71.4 Å². The standard InChI is InChI=1S/C64H46N4/c1-62(2,3)43-30-33-50-51(40-43)61(42-29-32-47-45-19-7-9-23-53(45)64(55(47)39-42,58-26-12-16-36-67-58)59-27-13-17-37-68-59)49-21-5-4-20-48(49)60(50)41-28-31-46-44-18-6-8-22-52(44)63(54(46)38-41,56-24-10-14-34-65-56)57-25-11-15-35-66-57/h4-40H,1-3H3. The Hall–Kier alpha value is -8.34. The summed E-state index contributed by atoms with van der Waals surface area (Å²) >= 11 is 0. The van der Waals surface area contributed by atoms with Crippen LogP contribution in [0, 0.1) is 0 Å². The highest BCUT2D eigenvalue weighted by atomic mass is 14.8. The van der Waals surface area contributed by atoms with Crippen LogP contribution < -0.4 is 0 Å². The molecule has 0 saturated heterocycles. The third-order valence-electron chi connectivity index (χ3n) is 14.8. The van der Waals surface area contributed by atoms with Gasteiger partial charge in [0.15, 0.2) is 0 Å². The van der Waals surface area contributed by atoms with Crippen molar-refractivity contribution >= 4 is 21.5 Å². The smallest absolute Gasteiger partial charge is 0.106 e. The molecule has 0 atom stereocenters. The Morgan fingerprint density at radius 3 is 1.09 bits per heavy atom. The molecule has 0 spiro atoms. The number of benzene rings is 7. The molecule has 0 bridgehead atoms. The van der Waals surface area contributed by atoms with Gasteiger partial charge in [-0.05, 0) is 166 Å². The van der Waals surface area contributed by atoms with E-state index in [4.69, 9.17) is 19.9 Å². The average Bonchev–Trinajstić information content (AvgIpc) is 3.86. The van der Waals surface area contributed by atoms with Gasteiger partial charge >= 0.3 is 0 Å². The highest BCUT2D eigenvalue weighted by molar-refractivity contribution is 6.22. The lowest BCUT2D eigenvalue weighted by atomic mass is 9.71. The maximum Gasteiger partial charge on any atom is 0.106 e. The quantitative estimate of drug-likeness (QED) is 0.156. The van der Waals surface area contributed by atoms with Gasteiger partial charge in [-0.15, -0.1) is 0 Å². The molecule has 322 valence electrons. The minimum Gasteiger partial charge on any atom is -0.260 e. The predicted molar refractivity (Wildman–Crippen MR) is 277 cm³/mol. The normalized spacial score (nSPS) is 14.0. The molecule has 0 saturated carbocycles. The summed E-state index contributed by atoms with van der Waals surface area (Å²) in [4.78, 5) is 20.5. The summed E-state index contributed by atoms with van der Waals surface area (Å²) in [6.07, 6.45) is 7.64. The highest BCUT2D eigenvalue weighted by Gasteiger charge is 2.50. The van der Waals surface area contributed by atoms with E-state index in [2.05, 4.69) is 197 Å². The van der Waals surface area contributed by atoms with E-state index >= 15 is 0 Å². The number of rotatable bonds is 6. The Balaban J connectivity index is 1.11. The van der Waals surface area contributed by atoms with Crippen LogP contribution in [0.25, 0.3) is 66.1 Å². The van der Waals surface area contributed by atoms with Crippen molar-refractivity contribution in [2.45, 2.75) is 37.0 Å². The van der Waals surface area contributed by atoms with Crippen LogP contribution in [0.4, 0.5) is 0 Å².